The Hall–Kier alpha value is -3.32. The van der Waals surface area contributed by atoms with E-state index in [2.05, 4.69) is 27.0 Å². The van der Waals surface area contributed by atoms with Crippen LogP contribution < -0.4 is 4.74 Å². The number of fused-ring (bicyclic) bond motifs is 1. The van der Waals surface area contributed by atoms with Gasteiger partial charge in [-0.2, -0.15) is 0 Å². The molecule has 2 aromatic carbocycles. The number of ether oxygens (including phenoxy) is 1. The number of likely N-dealkylation sites (tertiary alicyclic amines) is 2. The van der Waals surface area contributed by atoms with Crippen LogP contribution in [-0.4, -0.2) is 51.4 Å². The van der Waals surface area contributed by atoms with Crippen LogP contribution in [0.5, 0.6) is 11.8 Å². The molecule has 0 radical (unpaired) electrons. The minimum atomic E-state index is -0.443. The molecule has 0 unspecified atom stereocenters. The summed E-state index contributed by atoms with van der Waals surface area (Å²) in [5.74, 6) is 0.491. The molecule has 0 saturated carbocycles. The van der Waals surface area contributed by atoms with E-state index in [0.29, 0.717) is 36.8 Å². The van der Waals surface area contributed by atoms with Crippen molar-refractivity contribution in [2.24, 2.45) is 5.92 Å². The van der Waals surface area contributed by atoms with Gasteiger partial charge in [0.2, 0.25) is 0 Å². The van der Waals surface area contributed by atoms with E-state index >= 15 is 0 Å². The zero-order valence-corrected chi connectivity index (χ0v) is 18.4. The van der Waals surface area contributed by atoms with E-state index in [-0.39, 0.29) is 11.5 Å². The molecule has 3 heterocycles. The molecular weight excluding hydrogens is 419 g/mol. The highest BCUT2D eigenvalue weighted by Crippen LogP contribution is 2.32. The summed E-state index contributed by atoms with van der Waals surface area (Å²) < 4.78 is 19.8. The molecule has 2 saturated heterocycles. The minimum Gasteiger partial charge on any atom is -0.424 e. The second-order valence-electron chi connectivity index (χ2n) is 8.74. The standard InChI is InChI=1S/C26H27FN4O2/c27-23-7-2-1-6-22(23)25(32)31-16-12-24-20(18-31)5-3-15-30(24)17-19-8-10-21(11-9-19)33-26-28-13-4-14-29-26/h1-2,4,6-11,13-14,20,24H,3,5,12,15-18H2/t20-,24+/m1/s1. The van der Waals surface area contributed by atoms with Gasteiger partial charge in [-0.25, -0.2) is 14.4 Å². The normalized spacial score (nSPS) is 20.8. The van der Waals surface area contributed by atoms with Crippen molar-refractivity contribution < 1.29 is 13.9 Å². The summed E-state index contributed by atoms with van der Waals surface area (Å²) in [6, 6.07) is 16.9. The molecule has 2 aliphatic rings. The Kier molecular flexibility index (Phi) is 6.30. The van der Waals surface area contributed by atoms with Gasteiger partial charge in [0.25, 0.3) is 5.91 Å². The van der Waals surface area contributed by atoms with Gasteiger partial charge in [0.1, 0.15) is 11.6 Å². The molecule has 7 heteroatoms. The van der Waals surface area contributed by atoms with Gasteiger partial charge in [-0.15, -0.1) is 0 Å². The second kappa shape index (κ2) is 9.67. The van der Waals surface area contributed by atoms with Crippen molar-refractivity contribution in [3.63, 3.8) is 0 Å². The van der Waals surface area contributed by atoms with Crippen molar-refractivity contribution >= 4 is 5.91 Å². The van der Waals surface area contributed by atoms with Crippen molar-refractivity contribution in [2.45, 2.75) is 31.8 Å². The lowest BCUT2D eigenvalue weighted by atomic mass is 9.83. The number of piperidine rings is 2. The topological polar surface area (TPSA) is 58.6 Å². The predicted molar refractivity (Wildman–Crippen MR) is 122 cm³/mol. The third kappa shape index (κ3) is 4.88. The van der Waals surface area contributed by atoms with Gasteiger partial charge in [-0.1, -0.05) is 24.3 Å². The number of benzene rings is 2. The maximum Gasteiger partial charge on any atom is 0.321 e. The van der Waals surface area contributed by atoms with Gasteiger partial charge in [0.05, 0.1) is 5.56 Å². The maximum atomic E-state index is 14.1. The molecule has 2 fully saturated rings. The molecule has 1 aromatic heterocycles. The Morgan fingerprint density at radius 3 is 2.58 bits per heavy atom. The van der Waals surface area contributed by atoms with Crippen LogP contribution in [0.1, 0.15) is 35.2 Å². The second-order valence-corrected chi connectivity index (χ2v) is 8.74. The fourth-order valence-electron chi connectivity index (χ4n) is 5.03. The van der Waals surface area contributed by atoms with Crippen molar-refractivity contribution in [2.75, 3.05) is 19.6 Å². The zero-order chi connectivity index (χ0) is 22.6. The SMILES string of the molecule is O=C(c1ccccc1F)N1CC[C@H]2[C@H](CCCN2Cc2ccc(Oc3ncccn3)cc2)C1. The van der Waals surface area contributed by atoms with E-state index in [9.17, 15) is 9.18 Å². The third-order valence-electron chi connectivity index (χ3n) is 6.63. The number of aromatic nitrogens is 2. The fraction of sp³-hybridized carbons (Fsp3) is 0.346. The highest BCUT2D eigenvalue weighted by atomic mass is 19.1. The van der Waals surface area contributed by atoms with Crippen molar-refractivity contribution in [1.29, 1.82) is 0 Å². The molecule has 170 valence electrons. The maximum absolute atomic E-state index is 14.1. The summed E-state index contributed by atoms with van der Waals surface area (Å²) in [6.45, 7) is 3.27. The van der Waals surface area contributed by atoms with E-state index < -0.39 is 5.82 Å². The van der Waals surface area contributed by atoms with Crippen LogP contribution in [-0.2, 0) is 6.54 Å². The van der Waals surface area contributed by atoms with Crippen LogP contribution in [0.3, 0.4) is 0 Å². The Morgan fingerprint density at radius 1 is 1.00 bits per heavy atom. The van der Waals surface area contributed by atoms with E-state index in [1.54, 1.807) is 36.7 Å². The fourth-order valence-corrected chi connectivity index (χ4v) is 5.03. The molecule has 3 aromatic rings. The van der Waals surface area contributed by atoms with E-state index in [4.69, 9.17) is 4.74 Å². The summed E-state index contributed by atoms with van der Waals surface area (Å²) in [5, 5.41) is 0. The van der Waals surface area contributed by atoms with Crippen LogP contribution in [0.4, 0.5) is 4.39 Å². The summed E-state index contributed by atoms with van der Waals surface area (Å²) in [6.07, 6.45) is 6.43. The van der Waals surface area contributed by atoms with Gasteiger partial charge in [0, 0.05) is 38.1 Å². The Morgan fingerprint density at radius 2 is 1.79 bits per heavy atom. The van der Waals surface area contributed by atoms with Gasteiger partial charge in [-0.3, -0.25) is 9.69 Å². The number of rotatable bonds is 5. The molecule has 2 atom stereocenters. The van der Waals surface area contributed by atoms with Gasteiger partial charge in [-0.05, 0) is 67.6 Å². The number of carbonyl (C=O) groups is 1. The molecule has 6 nitrogen and oxygen atoms in total. The number of halogens is 1. The summed E-state index contributed by atoms with van der Waals surface area (Å²) in [5.41, 5.74) is 1.40. The van der Waals surface area contributed by atoms with Crippen molar-refractivity contribution in [3.8, 4) is 11.8 Å². The number of amides is 1. The molecule has 0 bridgehead atoms. The number of carbonyl (C=O) groups excluding carboxylic acids is 1. The average Bonchev–Trinajstić information content (AvgIpc) is 2.86. The van der Waals surface area contributed by atoms with Gasteiger partial charge in [0.15, 0.2) is 0 Å². The number of hydrogen-bond acceptors (Lipinski definition) is 5. The smallest absolute Gasteiger partial charge is 0.321 e. The van der Waals surface area contributed by atoms with E-state index in [1.807, 2.05) is 17.0 Å². The first-order valence-corrected chi connectivity index (χ1v) is 11.5. The largest absolute Gasteiger partial charge is 0.424 e. The first-order valence-electron chi connectivity index (χ1n) is 11.5. The molecule has 0 N–H and O–H groups in total. The molecular formula is C26H27FN4O2. The Balaban J connectivity index is 1.21. The van der Waals surface area contributed by atoms with Crippen LogP contribution in [0, 0.1) is 11.7 Å². The molecule has 2 aliphatic heterocycles. The summed E-state index contributed by atoms with van der Waals surface area (Å²) in [7, 11) is 0. The molecule has 1 amide bonds. The van der Waals surface area contributed by atoms with Gasteiger partial charge >= 0.3 is 6.01 Å². The lowest BCUT2D eigenvalue weighted by Crippen LogP contribution is -2.54. The van der Waals surface area contributed by atoms with Crippen molar-refractivity contribution in [3.05, 3.63) is 83.9 Å². The average molecular weight is 447 g/mol. The lowest BCUT2D eigenvalue weighted by molar-refractivity contribution is 0.0173. The highest BCUT2D eigenvalue weighted by molar-refractivity contribution is 5.94. The first-order chi connectivity index (χ1) is 16.2. The molecule has 5 rings (SSSR count). The summed E-state index contributed by atoms with van der Waals surface area (Å²) >= 11 is 0. The van der Waals surface area contributed by atoms with Crippen molar-refractivity contribution in [1.82, 2.24) is 19.8 Å². The molecule has 0 spiro atoms. The van der Waals surface area contributed by atoms with E-state index in [0.717, 1.165) is 32.4 Å². The van der Waals surface area contributed by atoms with Gasteiger partial charge < -0.3 is 9.64 Å². The van der Waals surface area contributed by atoms with E-state index in [1.165, 1.54) is 11.6 Å². The molecule has 0 aliphatic carbocycles. The molecule has 33 heavy (non-hydrogen) atoms. The van der Waals surface area contributed by atoms with Crippen LogP contribution in [0.2, 0.25) is 0 Å². The minimum absolute atomic E-state index is 0.173. The highest BCUT2D eigenvalue weighted by Gasteiger charge is 2.37. The summed E-state index contributed by atoms with van der Waals surface area (Å²) in [4.78, 5) is 25.4. The first kappa shape index (κ1) is 21.5. The van der Waals surface area contributed by atoms with Crippen LogP contribution in [0.25, 0.3) is 0 Å². The van der Waals surface area contributed by atoms with Crippen LogP contribution in [0.15, 0.2) is 67.0 Å². The predicted octanol–water partition coefficient (Wildman–Crippen LogP) is 4.53. The number of nitrogens with zero attached hydrogens (tertiary/aromatic N) is 4. The zero-order valence-electron chi connectivity index (χ0n) is 18.4. The third-order valence-corrected chi connectivity index (χ3v) is 6.63. The number of hydrogen-bond donors (Lipinski definition) is 0. The quantitative estimate of drug-likeness (QED) is 0.576. The lowest BCUT2D eigenvalue weighted by Gasteiger charge is -2.47. The van der Waals surface area contributed by atoms with Crippen LogP contribution >= 0.6 is 0 Å². The Labute approximate surface area is 193 Å². The monoisotopic (exact) mass is 446 g/mol. The Bertz CT molecular complexity index is 1090.